The first-order valence-corrected chi connectivity index (χ1v) is 6.77. The van der Waals surface area contributed by atoms with E-state index in [9.17, 15) is 17.9 Å². The standard InChI is InChI=1S/C11H15FO4S/c1-11(2,13)7-5-6-8(17(4,14)15)9(12)10(7)16-3/h5-6,13H,1-4H3. The minimum absolute atomic E-state index is 0.199. The van der Waals surface area contributed by atoms with Gasteiger partial charge < -0.3 is 9.84 Å². The first kappa shape index (κ1) is 13.9. The average Bonchev–Trinajstić information content (AvgIpc) is 2.13. The van der Waals surface area contributed by atoms with Gasteiger partial charge in [-0.1, -0.05) is 6.07 Å². The molecule has 0 aliphatic heterocycles. The molecule has 1 rings (SSSR count). The molecule has 0 unspecified atom stereocenters. The van der Waals surface area contributed by atoms with Crippen LogP contribution in [0.2, 0.25) is 0 Å². The normalized spacial score (nSPS) is 12.6. The Hall–Kier alpha value is -1.14. The van der Waals surface area contributed by atoms with Crippen LogP contribution in [0.15, 0.2) is 17.0 Å². The predicted octanol–water partition coefficient (Wildman–Crippen LogP) is 1.47. The van der Waals surface area contributed by atoms with Crippen LogP contribution >= 0.6 is 0 Å². The third kappa shape index (κ3) is 2.76. The summed E-state index contributed by atoms with van der Waals surface area (Å²) in [6.45, 7) is 2.93. The summed E-state index contributed by atoms with van der Waals surface area (Å²) in [7, 11) is -2.44. The average molecular weight is 262 g/mol. The molecule has 0 aliphatic rings. The Morgan fingerprint density at radius 2 is 1.88 bits per heavy atom. The molecule has 0 spiro atoms. The number of hydrogen-bond acceptors (Lipinski definition) is 4. The van der Waals surface area contributed by atoms with Gasteiger partial charge in [-0.2, -0.15) is 0 Å². The van der Waals surface area contributed by atoms with Crippen molar-refractivity contribution in [2.75, 3.05) is 13.4 Å². The highest BCUT2D eigenvalue weighted by Gasteiger charge is 2.27. The smallest absolute Gasteiger partial charge is 0.184 e. The van der Waals surface area contributed by atoms with Crippen molar-refractivity contribution < 1.29 is 22.7 Å². The van der Waals surface area contributed by atoms with E-state index in [1.54, 1.807) is 0 Å². The van der Waals surface area contributed by atoms with Crippen molar-refractivity contribution in [1.29, 1.82) is 0 Å². The molecule has 0 heterocycles. The second-order valence-corrected chi connectivity index (χ2v) is 6.27. The lowest BCUT2D eigenvalue weighted by molar-refractivity contribution is 0.0747. The molecule has 4 nitrogen and oxygen atoms in total. The van der Waals surface area contributed by atoms with Gasteiger partial charge in [0.2, 0.25) is 0 Å². The molecule has 1 N–H and O–H groups in total. The first-order chi connectivity index (χ1) is 7.59. The zero-order valence-corrected chi connectivity index (χ0v) is 10.9. The van der Waals surface area contributed by atoms with Crippen molar-refractivity contribution in [3.8, 4) is 5.75 Å². The molecule has 0 amide bonds. The number of rotatable bonds is 3. The summed E-state index contributed by atoms with van der Waals surface area (Å²) in [5.41, 5.74) is -1.12. The molecule has 0 aromatic heterocycles. The molecule has 0 fully saturated rings. The van der Waals surface area contributed by atoms with Crippen LogP contribution in [0.1, 0.15) is 19.4 Å². The van der Waals surface area contributed by atoms with Gasteiger partial charge in [0.15, 0.2) is 21.4 Å². The Balaban J connectivity index is 3.60. The fourth-order valence-electron chi connectivity index (χ4n) is 1.51. The topological polar surface area (TPSA) is 63.6 Å². The van der Waals surface area contributed by atoms with E-state index in [0.29, 0.717) is 0 Å². The number of methoxy groups -OCH3 is 1. The third-order valence-corrected chi connectivity index (χ3v) is 3.44. The largest absolute Gasteiger partial charge is 0.493 e. The van der Waals surface area contributed by atoms with E-state index in [2.05, 4.69) is 0 Å². The van der Waals surface area contributed by atoms with Gasteiger partial charge in [0.05, 0.1) is 12.7 Å². The van der Waals surface area contributed by atoms with Crippen molar-refractivity contribution in [1.82, 2.24) is 0 Å². The van der Waals surface area contributed by atoms with E-state index in [4.69, 9.17) is 4.74 Å². The molecule has 0 saturated heterocycles. The van der Waals surface area contributed by atoms with E-state index in [0.717, 1.165) is 12.3 Å². The van der Waals surface area contributed by atoms with Crippen molar-refractivity contribution in [2.24, 2.45) is 0 Å². The molecule has 0 saturated carbocycles. The molecular weight excluding hydrogens is 247 g/mol. The molecule has 1 aromatic rings. The molecule has 6 heteroatoms. The summed E-state index contributed by atoms with van der Waals surface area (Å²) in [5, 5.41) is 9.82. The van der Waals surface area contributed by atoms with Gasteiger partial charge in [-0.05, 0) is 19.9 Å². The maximum Gasteiger partial charge on any atom is 0.184 e. The molecule has 0 bridgehead atoms. The fraction of sp³-hybridized carbons (Fsp3) is 0.455. The van der Waals surface area contributed by atoms with E-state index in [-0.39, 0.29) is 11.3 Å². The van der Waals surface area contributed by atoms with E-state index in [1.807, 2.05) is 0 Å². The zero-order valence-electron chi connectivity index (χ0n) is 10.1. The highest BCUT2D eigenvalue weighted by Crippen LogP contribution is 2.34. The van der Waals surface area contributed by atoms with Crippen LogP contribution in [0.25, 0.3) is 0 Å². The van der Waals surface area contributed by atoms with Gasteiger partial charge in [-0.15, -0.1) is 0 Å². The summed E-state index contributed by atoms with van der Waals surface area (Å²) in [4.78, 5) is -0.442. The minimum atomic E-state index is -3.66. The highest BCUT2D eigenvalue weighted by molar-refractivity contribution is 7.90. The number of ether oxygens (including phenoxy) is 1. The maximum atomic E-state index is 13.9. The van der Waals surface area contributed by atoms with Crippen LogP contribution in [0.4, 0.5) is 4.39 Å². The van der Waals surface area contributed by atoms with E-state index >= 15 is 0 Å². The number of halogens is 1. The number of benzene rings is 1. The Morgan fingerprint density at radius 3 is 2.24 bits per heavy atom. The molecule has 1 aromatic carbocycles. The molecule has 96 valence electrons. The molecule has 17 heavy (non-hydrogen) atoms. The fourth-order valence-corrected chi connectivity index (χ4v) is 2.24. The molecule has 0 atom stereocenters. The second-order valence-electron chi connectivity index (χ2n) is 4.29. The highest BCUT2D eigenvalue weighted by atomic mass is 32.2. The lowest BCUT2D eigenvalue weighted by atomic mass is 9.97. The van der Waals surface area contributed by atoms with E-state index in [1.165, 1.54) is 27.0 Å². The summed E-state index contributed by atoms with van der Waals surface area (Å²) >= 11 is 0. The molecule has 0 aliphatic carbocycles. The summed E-state index contributed by atoms with van der Waals surface area (Å²) in [6.07, 6.45) is 0.911. The van der Waals surface area contributed by atoms with E-state index < -0.39 is 26.2 Å². The Bertz CT molecular complexity index is 529. The number of hydrogen-bond donors (Lipinski definition) is 1. The van der Waals surface area contributed by atoms with Crippen molar-refractivity contribution >= 4 is 9.84 Å². The van der Waals surface area contributed by atoms with Gasteiger partial charge >= 0.3 is 0 Å². The molecular formula is C11H15FO4S. The number of sulfone groups is 1. The second kappa shape index (κ2) is 4.27. The first-order valence-electron chi connectivity index (χ1n) is 4.88. The molecule has 0 radical (unpaired) electrons. The third-order valence-electron chi connectivity index (χ3n) is 2.32. The van der Waals surface area contributed by atoms with Gasteiger partial charge in [0, 0.05) is 11.8 Å². The number of aliphatic hydroxyl groups is 1. The van der Waals surface area contributed by atoms with Crippen LogP contribution in [0, 0.1) is 5.82 Å². The van der Waals surface area contributed by atoms with Gasteiger partial charge in [0.1, 0.15) is 4.90 Å². The predicted molar refractivity (Wildman–Crippen MR) is 61.3 cm³/mol. The van der Waals surface area contributed by atoms with Gasteiger partial charge in [0.25, 0.3) is 0 Å². The Labute approximate surface area is 100.0 Å². The van der Waals surface area contributed by atoms with Crippen LogP contribution < -0.4 is 4.74 Å². The van der Waals surface area contributed by atoms with Crippen molar-refractivity contribution in [3.63, 3.8) is 0 Å². The van der Waals surface area contributed by atoms with Crippen LogP contribution in [0.5, 0.6) is 5.75 Å². The maximum absolute atomic E-state index is 13.9. The summed E-state index contributed by atoms with van der Waals surface area (Å²) in [6, 6.07) is 2.47. The monoisotopic (exact) mass is 262 g/mol. The zero-order chi connectivity index (χ0) is 13.4. The minimum Gasteiger partial charge on any atom is -0.493 e. The van der Waals surface area contributed by atoms with Crippen molar-refractivity contribution in [3.05, 3.63) is 23.5 Å². The Morgan fingerprint density at radius 1 is 1.35 bits per heavy atom. The lowest BCUT2D eigenvalue weighted by Gasteiger charge is -2.21. The Kier molecular flexibility index (Phi) is 3.50. The van der Waals surface area contributed by atoms with Crippen LogP contribution in [-0.4, -0.2) is 26.9 Å². The SMILES string of the molecule is COc1c(C(C)(C)O)ccc(S(C)(=O)=O)c1F. The lowest BCUT2D eigenvalue weighted by Crippen LogP contribution is -2.18. The van der Waals surface area contributed by atoms with Crippen molar-refractivity contribution in [2.45, 2.75) is 24.3 Å². The summed E-state index contributed by atoms with van der Waals surface area (Å²) in [5.74, 6) is -1.23. The van der Waals surface area contributed by atoms with Crippen LogP contribution in [0.3, 0.4) is 0 Å². The van der Waals surface area contributed by atoms with Gasteiger partial charge in [-0.3, -0.25) is 0 Å². The van der Waals surface area contributed by atoms with Gasteiger partial charge in [-0.25, -0.2) is 12.8 Å². The quantitative estimate of drug-likeness (QED) is 0.896. The van der Waals surface area contributed by atoms with Crippen LogP contribution in [-0.2, 0) is 15.4 Å². The summed E-state index contributed by atoms with van der Waals surface area (Å²) < 4.78 is 41.4.